The van der Waals surface area contributed by atoms with E-state index in [0.717, 1.165) is 12.6 Å². The second-order valence-corrected chi connectivity index (χ2v) is 6.10. The summed E-state index contributed by atoms with van der Waals surface area (Å²) < 4.78 is 0. The predicted molar refractivity (Wildman–Crippen MR) is 80.7 cm³/mol. The van der Waals surface area contributed by atoms with Crippen molar-refractivity contribution in [3.05, 3.63) is 29.8 Å². The number of hydrogen-bond acceptors (Lipinski definition) is 3. The standard InChI is InChI=1S/C16H25N3/c1-18-9-7-14(8-10-18)19(2)15-11-13-5-3-4-6-16(13)17-12-15/h3-6,14-15,17H,7-12H2,1-2H3. The van der Waals surface area contributed by atoms with Crippen LogP contribution in [0.15, 0.2) is 24.3 Å². The molecule has 2 heterocycles. The van der Waals surface area contributed by atoms with Crippen LogP contribution < -0.4 is 5.32 Å². The normalized spacial score (nSPS) is 25.1. The second-order valence-electron chi connectivity index (χ2n) is 6.10. The Kier molecular flexibility index (Phi) is 3.76. The Balaban J connectivity index is 1.64. The Labute approximate surface area is 116 Å². The molecule has 0 aromatic heterocycles. The van der Waals surface area contributed by atoms with Gasteiger partial charge in [-0.25, -0.2) is 0 Å². The zero-order valence-corrected chi connectivity index (χ0v) is 12.1. The van der Waals surface area contributed by atoms with Gasteiger partial charge in [-0.05, 0) is 58.1 Å². The molecule has 19 heavy (non-hydrogen) atoms. The molecule has 0 radical (unpaired) electrons. The van der Waals surface area contributed by atoms with Gasteiger partial charge >= 0.3 is 0 Å². The number of anilines is 1. The third kappa shape index (κ3) is 2.77. The number of piperidine rings is 1. The van der Waals surface area contributed by atoms with Crippen LogP contribution >= 0.6 is 0 Å². The number of rotatable bonds is 2. The molecule has 0 aliphatic carbocycles. The minimum Gasteiger partial charge on any atom is -0.383 e. The molecule has 1 fully saturated rings. The van der Waals surface area contributed by atoms with Gasteiger partial charge in [0.2, 0.25) is 0 Å². The number of para-hydroxylation sites is 1. The maximum Gasteiger partial charge on any atom is 0.0373 e. The Hall–Kier alpha value is -1.06. The van der Waals surface area contributed by atoms with E-state index in [9.17, 15) is 0 Å². The summed E-state index contributed by atoms with van der Waals surface area (Å²) in [5, 5.41) is 3.59. The van der Waals surface area contributed by atoms with E-state index in [1.165, 1.54) is 43.6 Å². The SMILES string of the molecule is CN1CCC(N(C)C2CNc3ccccc3C2)CC1. The fraction of sp³-hybridized carbons (Fsp3) is 0.625. The van der Waals surface area contributed by atoms with Crippen molar-refractivity contribution in [3.63, 3.8) is 0 Å². The number of nitrogens with zero attached hydrogens (tertiary/aromatic N) is 2. The lowest BCUT2D eigenvalue weighted by Gasteiger charge is -2.41. The minimum absolute atomic E-state index is 0.642. The zero-order chi connectivity index (χ0) is 13.2. The second kappa shape index (κ2) is 5.51. The van der Waals surface area contributed by atoms with E-state index in [2.05, 4.69) is 53.5 Å². The highest BCUT2D eigenvalue weighted by molar-refractivity contribution is 5.53. The fourth-order valence-corrected chi connectivity index (χ4v) is 3.41. The largest absolute Gasteiger partial charge is 0.383 e. The van der Waals surface area contributed by atoms with Crippen LogP contribution in [0.25, 0.3) is 0 Å². The summed E-state index contributed by atoms with van der Waals surface area (Å²) in [5.41, 5.74) is 2.80. The molecule has 0 spiro atoms. The highest BCUT2D eigenvalue weighted by Gasteiger charge is 2.28. The maximum atomic E-state index is 3.59. The number of benzene rings is 1. The maximum absolute atomic E-state index is 3.59. The molecule has 1 N–H and O–H groups in total. The topological polar surface area (TPSA) is 18.5 Å². The molecule has 0 bridgehead atoms. The summed E-state index contributed by atoms with van der Waals surface area (Å²) >= 11 is 0. The van der Waals surface area contributed by atoms with E-state index in [-0.39, 0.29) is 0 Å². The molecule has 0 amide bonds. The Bertz CT molecular complexity index is 424. The molecule has 104 valence electrons. The van der Waals surface area contributed by atoms with Gasteiger partial charge in [-0.1, -0.05) is 18.2 Å². The lowest BCUT2D eigenvalue weighted by Crippen LogP contribution is -2.50. The molecule has 2 aliphatic rings. The molecule has 3 rings (SSSR count). The van der Waals surface area contributed by atoms with Gasteiger partial charge < -0.3 is 10.2 Å². The first kappa shape index (κ1) is 12.9. The van der Waals surface area contributed by atoms with Crippen LogP contribution in [-0.4, -0.2) is 55.6 Å². The van der Waals surface area contributed by atoms with Gasteiger partial charge in [-0.15, -0.1) is 0 Å². The van der Waals surface area contributed by atoms with Crippen LogP contribution in [0.2, 0.25) is 0 Å². The monoisotopic (exact) mass is 259 g/mol. The van der Waals surface area contributed by atoms with Gasteiger partial charge in [0.15, 0.2) is 0 Å². The van der Waals surface area contributed by atoms with Gasteiger partial charge in [0.05, 0.1) is 0 Å². The van der Waals surface area contributed by atoms with E-state index in [0.29, 0.717) is 6.04 Å². The number of nitrogens with one attached hydrogen (secondary N) is 1. The van der Waals surface area contributed by atoms with Gasteiger partial charge in [0.25, 0.3) is 0 Å². The van der Waals surface area contributed by atoms with E-state index < -0.39 is 0 Å². The highest BCUT2D eigenvalue weighted by Crippen LogP contribution is 2.25. The summed E-state index contributed by atoms with van der Waals surface area (Å²) in [6, 6.07) is 10.1. The van der Waals surface area contributed by atoms with Crippen LogP contribution in [0.4, 0.5) is 5.69 Å². The lowest BCUT2D eigenvalue weighted by atomic mass is 9.95. The van der Waals surface area contributed by atoms with E-state index in [1.807, 2.05) is 0 Å². The molecule has 1 atom stereocenters. The van der Waals surface area contributed by atoms with Crippen molar-refractivity contribution < 1.29 is 0 Å². The molecule has 3 heteroatoms. The summed E-state index contributed by atoms with van der Waals surface area (Å²) in [6.07, 6.45) is 3.81. The van der Waals surface area contributed by atoms with Crippen molar-refractivity contribution in [2.24, 2.45) is 0 Å². The molecule has 1 aromatic rings. The zero-order valence-electron chi connectivity index (χ0n) is 12.1. The number of hydrogen-bond donors (Lipinski definition) is 1. The summed E-state index contributed by atoms with van der Waals surface area (Å²) in [5.74, 6) is 0. The average Bonchev–Trinajstić information content (AvgIpc) is 2.47. The molecule has 1 aromatic carbocycles. The van der Waals surface area contributed by atoms with Gasteiger partial charge in [-0.2, -0.15) is 0 Å². The van der Waals surface area contributed by atoms with E-state index >= 15 is 0 Å². The molecule has 2 aliphatic heterocycles. The smallest absolute Gasteiger partial charge is 0.0373 e. The van der Waals surface area contributed by atoms with Crippen molar-refractivity contribution in [2.75, 3.05) is 39.0 Å². The van der Waals surface area contributed by atoms with Crippen molar-refractivity contribution >= 4 is 5.69 Å². The molecule has 1 unspecified atom stereocenters. The Morgan fingerprint density at radius 3 is 2.68 bits per heavy atom. The Morgan fingerprint density at radius 2 is 1.89 bits per heavy atom. The summed E-state index contributed by atoms with van der Waals surface area (Å²) in [7, 11) is 4.55. The van der Waals surface area contributed by atoms with Crippen molar-refractivity contribution in [2.45, 2.75) is 31.3 Å². The first-order valence-electron chi connectivity index (χ1n) is 7.46. The van der Waals surface area contributed by atoms with Crippen LogP contribution in [0.3, 0.4) is 0 Å². The van der Waals surface area contributed by atoms with E-state index in [1.54, 1.807) is 0 Å². The van der Waals surface area contributed by atoms with Crippen LogP contribution in [0, 0.1) is 0 Å². The van der Waals surface area contributed by atoms with Crippen molar-refractivity contribution in [3.8, 4) is 0 Å². The quantitative estimate of drug-likeness (QED) is 0.877. The third-order valence-corrected chi connectivity index (χ3v) is 4.84. The van der Waals surface area contributed by atoms with Gasteiger partial charge in [-0.3, -0.25) is 4.90 Å². The van der Waals surface area contributed by atoms with Crippen LogP contribution in [0.1, 0.15) is 18.4 Å². The lowest BCUT2D eigenvalue weighted by molar-refractivity contribution is 0.110. The minimum atomic E-state index is 0.642. The first-order valence-corrected chi connectivity index (χ1v) is 7.46. The summed E-state index contributed by atoms with van der Waals surface area (Å²) in [4.78, 5) is 5.06. The molecular formula is C16H25N3. The average molecular weight is 259 g/mol. The van der Waals surface area contributed by atoms with Crippen LogP contribution in [-0.2, 0) is 6.42 Å². The summed E-state index contributed by atoms with van der Waals surface area (Å²) in [6.45, 7) is 3.57. The number of likely N-dealkylation sites (tertiary alicyclic amines) is 1. The van der Waals surface area contributed by atoms with Crippen LogP contribution in [0.5, 0.6) is 0 Å². The van der Waals surface area contributed by atoms with Crippen molar-refractivity contribution in [1.29, 1.82) is 0 Å². The predicted octanol–water partition coefficient (Wildman–Crippen LogP) is 2.05. The number of fused-ring (bicyclic) bond motifs is 1. The third-order valence-electron chi connectivity index (χ3n) is 4.84. The fourth-order valence-electron chi connectivity index (χ4n) is 3.41. The molecular weight excluding hydrogens is 234 g/mol. The number of likely N-dealkylation sites (N-methyl/N-ethyl adjacent to an activating group) is 1. The first-order chi connectivity index (χ1) is 9.24. The van der Waals surface area contributed by atoms with Gasteiger partial charge in [0.1, 0.15) is 0 Å². The van der Waals surface area contributed by atoms with E-state index in [4.69, 9.17) is 0 Å². The molecule has 0 saturated carbocycles. The van der Waals surface area contributed by atoms with Gasteiger partial charge in [0, 0.05) is 24.3 Å². The molecule has 1 saturated heterocycles. The Morgan fingerprint density at radius 1 is 1.16 bits per heavy atom. The molecule has 3 nitrogen and oxygen atoms in total. The highest BCUT2D eigenvalue weighted by atomic mass is 15.2. The van der Waals surface area contributed by atoms with Crippen molar-refractivity contribution in [1.82, 2.24) is 9.80 Å².